The lowest BCUT2D eigenvalue weighted by atomic mass is 10.1. The molecule has 0 unspecified atom stereocenters. The van der Waals surface area contributed by atoms with Crippen LogP contribution in [0.2, 0.25) is 0 Å². The average molecular weight is 355 g/mol. The van der Waals surface area contributed by atoms with Crippen LogP contribution in [0.25, 0.3) is 10.8 Å². The largest absolute Gasteiger partial charge is 0.340 e. The topological polar surface area (TPSA) is 62.3 Å². The van der Waals surface area contributed by atoms with Crippen molar-refractivity contribution >= 4 is 32.3 Å². The highest BCUT2D eigenvalue weighted by Crippen LogP contribution is 2.26. The quantitative estimate of drug-likeness (QED) is 0.726. The van der Waals surface area contributed by atoms with Crippen molar-refractivity contribution in [3.05, 3.63) is 60.8 Å². The van der Waals surface area contributed by atoms with Crippen LogP contribution in [0.5, 0.6) is 0 Å². The Labute approximate surface area is 148 Å². The number of benzene rings is 2. The van der Waals surface area contributed by atoms with Gasteiger partial charge in [-0.05, 0) is 23.6 Å². The Hall–Kier alpha value is -2.44. The molecule has 1 heterocycles. The van der Waals surface area contributed by atoms with E-state index in [2.05, 4.69) is 10.3 Å². The zero-order chi connectivity index (χ0) is 17.9. The normalized spacial score (nSPS) is 11.8. The fraction of sp³-hybridized carbons (Fsp3) is 0.211. The summed E-state index contributed by atoms with van der Waals surface area (Å²) < 4.78 is 26.4. The maximum Gasteiger partial charge on any atom is 0.244 e. The second kappa shape index (κ2) is 7.21. The maximum atomic E-state index is 12.5. The summed E-state index contributed by atoms with van der Waals surface area (Å²) in [5.74, 6) is 0.606. The molecule has 0 atom stereocenters. The van der Waals surface area contributed by atoms with Crippen LogP contribution >= 0.6 is 0 Å². The summed E-state index contributed by atoms with van der Waals surface area (Å²) in [5, 5.41) is 5.49. The first-order valence-corrected chi connectivity index (χ1v) is 9.71. The molecule has 5 nitrogen and oxygen atoms in total. The molecular formula is C19H21N3O2S. The number of hydrogen-bond donors (Lipinski definition) is 1. The highest BCUT2D eigenvalue weighted by molar-refractivity contribution is 7.89. The van der Waals surface area contributed by atoms with Crippen LogP contribution in [-0.2, 0) is 10.0 Å². The standard InChI is InChI=1S/C19H21N3O2S/c1-3-22(4-2)25(23,24)16-12-13-19(20-14-16)21-18-11-7-9-15-8-5-6-10-17(15)18/h5-14H,3-4H2,1-2H3,(H,20,21). The predicted octanol–water partition coefficient (Wildman–Crippen LogP) is 4.01. The SMILES string of the molecule is CCN(CC)S(=O)(=O)c1ccc(Nc2cccc3ccccc23)nc1. The number of nitrogens with one attached hydrogen (secondary N) is 1. The van der Waals surface area contributed by atoms with E-state index in [1.807, 2.05) is 56.3 Å². The number of fused-ring (bicyclic) bond motifs is 1. The van der Waals surface area contributed by atoms with Gasteiger partial charge in [0.05, 0.1) is 0 Å². The molecule has 0 radical (unpaired) electrons. The van der Waals surface area contributed by atoms with Gasteiger partial charge in [-0.2, -0.15) is 4.31 Å². The molecular weight excluding hydrogens is 334 g/mol. The second-order valence-electron chi connectivity index (χ2n) is 5.62. The van der Waals surface area contributed by atoms with Crippen molar-refractivity contribution in [2.45, 2.75) is 18.7 Å². The van der Waals surface area contributed by atoms with E-state index in [9.17, 15) is 8.42 Å². The Morgan fingerprint density at radius 1 is 0.960 bits per heavy atom. The Bertz CT molecular complexity index is 960. The molecule has 0 aliphatic carbocycles. The monoisotopic (exact) mass is 355 g/mol. The van der Waals surface area contributed by atoms with Crippen molar-refractivity contribution in [2.24, 2.45) is 0 Å². The van der Waals surface area contributed by atoms with Crippen LogP contribution in [0.1, 0.15) is 13.8 Å². The molecule has 1 aromatic heterocycles. The van der Waals surface area contributed by atoms with Gasteiger partial charge >= 0.3 is 0 Å². The molecule has 0 amide bonds. The van der Waals surface area contributed by atoms with Crippen molar-refractivity contribution in [3.63, 3.8) is 0 Å². The molecule has 6 heteroatoms. The van der Waals surface area contributed by atoms with Crippen LogP contribution in [0.15, 0.2) is 65.7 Å². The summed E-state index contributed by atoms with van der Waals surface area (Å²) in [4.78, 5) is 4.49. The van der Waals surface area contributed by atoms with E-state index in [-0.39, 0.29) is 4.90 Å². The molecule has 130 valence electrons. The van der Waals surface area contributed by atoms with E-state index in [1.54, 1.807) is 12.1 Å². The minimum absolute atomic E-state index is 0.208. The Kier molecular flexibility index (Phi) is 5.01. The molecule has 0 saturated carbocycles. The third-order valence-electron chi connectivity index (χ3n) is 4.13. The number of hydrogen-bond acceptors (Lipinski definition) is 4. The van der Waals surface area contributed by atoms with Crippen LogP contribution in [0, 0.1) is 0 Å². The minimum atomic E-state index is -3.48. The van der Waals surface area contributed by atoms with Gasteiger partial charge in [-0.1, -0.05) is 50.2 Å². The van der Waals surface area contributed by atoms with Crippen LogP contribution in [0.3, 0.4) is 0 Å². The predicted molar refractivity (Wildman–Crippen MR) is 102 cm³/mol. The molecule has 0 fully saturated rings. The summed E-state index contributed by atoms with van der Waals surface area (Å²) in [6.45, 7) is 4.53. The van der Waals surface area contributed by atoms with Crippen molar-refractivity contribution in [1.82, 2.24) is 9.29 Å². The molecule has 3 rings (SSSR count). The van der Waals surface area contributed by atoms with Gasteiger partial charge < -0.3 is 5.32 Å². The third-order valence-corrected chi connectivity index (χ3v) is 6.17. The summed E-state index contributed by atoms with van der Waals surface area (Å²) >= 11 is 0. The number of anilines is 2. The highest BCUT2D eigenvalue weighted by atomic mass is 32.2. The van der Waals surface area contributed by atoms with Crippen molar-refractivity contribution in [3.8, 4) is 0 Å². The van der Waals surface area contributed by atoms with Crippen molar-refractivity contribution in [1.29, 1.82) is 0 Å². The maximum absolute atomic E-state index is 12.5. The lowest BCUT2D eigenvalue weighted by molar-refractivity contribution is 0.445. The van der Waals surface area contributed by atoms with Gasteiger partial charge in [0.25, 0.3) is 0 Å². The van der Waals surface area contributed by atoms with Crippen molar-refractivity contribution in [2.75, 3.05) is 18.4 Å². The molecule has 0 spiro atoms. The number of nitrogens with zero attached hydrogens (tertiary/aromatic N) is 2. The van der Waals surface area contributed by atoms with Crippen molar-refractivity contribution < 1.29 is 8.42 Å². The fourth-order valence-electron chi connectivity index (χ4n) is 2.79. The van der Waals surface area contributed by atoms with E-state index in [0.29, 0.717) is 18.9 Å². The zero-order valence-corrected chi connectivity index (χ0v) is 15.1. The molecule has 0 aliphatic heterocycles. The number of pyridine rings is 1. The minimum Gasteiger partial charge on any atom is -0.340 e. The summed E-state index contributed by atoms with van der Waals surface area (Å²) in [6.07, 6.45) is 1.40. The molecule has 1 N–H and O–H groups in total. The first-order valence-electron chi connectivity index (χ1n) is 8.27. The first kappa shape index (κ1) is 17.4. The van der Waals surface area contributed by atoms with Gasteiger partial charge in [0.2, 0.25) is 10.0 Å². The van der Waals surface area contributed by atoms with Crippen LogP contribution < -0.4 is 5.32 Å². The molecule has 25 heavy (non-hydrogen) atoms. The smallest absolute Gasteiger partial charge is 0.244 e. The number of rotatable bonds is 6. The lowest BCUT2D eigenvalue weighted by Crippen LogP contribution is -2.30. The fourth-order valence-corrected chi connectivity index (χ4v) is 4.20. The van der Waals surface area contributed by atoms with Crippen LogP contribution in [-0.4, -0.2) is 30.8 Å². The average Bonchev–Trinajstić information content (AvgIpc) is 2.63. The van der Waals surface area contributed by atoms with E-state index in [0.717, 1.165) is 16.5 Å². The van der Waals surface area contributed by atoms with Gasteiger partial charge in [0, 0.05) is 30.4 Å². The molecule has 0 saturated heterocycles. The van der Waals surface area contributed by atoms with Gasteiger partial charge in [0.15, 0.2) is 0 Å². The van der Waals surface area contributed by atoms with Gasteiger partial charge in [-0.25, -0.2) is 13.4 Å². The van der Waals surface area contributed by atoms with Gasteiger partial charge in [-0.3, -0.25) is 0 Å². The molecule has 3 aromatic rings. The zero-order valence-electron chi connectivity index (χ0n) is 14.3. The first-order chi connectivity index (χ1) is 12.1. The molecule has 0 bridgehead atoms. The molecule has 2 aromatic carbocycles. The lowest BCUT2D eigenvalue weighted by Gasteiger charge is -2.18. The highest BCUT2D eigenvalue weighted by Gasteiger charge is 2.21. The Morgan fingerprint density at radius 3 is 2.36 bits per heavy atom. The second-order valence-corrected chi connectivity index (χ2v) is 7.56. The summed E-state index contributed by atoms with van der Waals surface area (Å²) in [5.41, 5.74) is 0.935. The Morgan fingerprint density at radius 2 is 1.68 bits per heavy atom. The summed E-state index contributed by atoms with van der Waals surface area (Å²) in [7, 11) is -3.48. The number of aromatic nitrogens is 1. The van der Waals surface area contributed by atoms with Gasteiger partial charge in [0.1, 0.15) is 10.7 Å². The Balaban J connectivity index is 1.88. The summed E-state index contributed by atoms with van der Waals surface area (Å²) in [6, 6.07) is 17.4. The number of sulfonamides is 1. The molecule has 0 aliphatic rings. The van der Waals surface area contributed by atoms with Crippen LogP contribution in [0.4, 0.5) is 11.5 Å². The van der Waals surface area contributed by atoms with E-state index in [4.69, 9.17) is 0 Å². The van der Waals surface area contributed by atoms with E-state index in [1.165, 1.54) is 10.5 Å². The van der Waals surface area contributed by atoms with Gasteiger partial charge in [-0.15, -0.1) is 0 Å². The third kappa shape index (κ3) is 3.50. The van der Waals surface area contributed by atoms with E-state index < -0.39 is 10.0 Å². The van der Waals surface area contributed by atoms with E-state index >= 15 is 0 Å².